The maximum absolute atomic E-state index is 13.3. The maximum Gasteiger partial charge on any atom is 0.324 e. The standard InChI is InChI=1S/C16H18ClFN2O5S/c1-3-15(21)20(13-8-7-11(18)10-12(13)17)26(23,24)19-9-5-4-6-14(19)16(22)25-2/h3,7-8,10,14H,1,4-6,9H2,2H3. The van der Waals surface area contributed by atoms with Crippen molar-refractivity contribution >= 4 is 39.4 Å². The van der Waals surface area contributed by atoms with Gasteiger partial charge in [0.1, 0.15) is 11.9 Å². The van der Waals surface area contributed by atoms with E-state index in [-0.39, 0.29) is 23.7 Å². The summed E-state index contributed by atoms with van der Waals surface area (Å²) in [6, 6.07) is 1.89. The largest absolute Gasteiger partial charge is 0.468 e. The van der Waals surface area contributed by atoms with Crippen LogP contribution in [0.15, 0.2) is 30.9 Å². The van der Waals surface area contributed by atoms with Gasteiger partial charge in [-0.3, -0.25) is 9.59 Å². The van der Waals surface area contributed by atoms with E-state index >= 15 is 0 Å². The number of ether oxygens (including phenoxy) is 1. The summed E-state index contributed by atoms with van der Waals surface area (Å²) in [5.41, 5.74) is -0.229. The first-order chi connectivity index (χ1) is 12.2. The van der Waals surface area contributed by atoms with Crippen molar-refractivity contribution in [3.63, 3.8) is 0 Å². The van der Waals surface area contributed by atoms with E-state index in [1.165, 1.54) is 0 Å². The predicted octanol–water partition coefficient (Wildman–Crippen LogP) is 2.27. The number of nitrogens with zero attached hydrogens (tertiary/aromatic N) is 2. The molecule has 1 unspecified atom stereocenters. The fraction of sp³-hybridized carbons (Fsp3) is 0.375. The van der Waals surface area contributed by atoms with Crippen molar-refractivity contribution in [1.82, 2.24) is 4.31 Å². The van der Waals surface area contributed by atoms with E-state index in [1.54, 1.807) is 0 Å². The third kappa shape index (κ3) is 3.89. The van der Waals surface area contributed by atoms with Crippen LogP contribution in [0, 0.1) is 5.82 Å². The molecule has 1 amide bonds. The second-order valence-corrected chi connectivity index (χ2v) is 7.69. The van der Waals surface area contributed by atoms with Gasteiger partial charge in [0, 0.05) is 6.54 Å². The van der Waals surface area contributed by atoms with Gasteiger partial charge in [-0.05, 0) is 43.5 Å². The molecule has 2 rings (SSSR count). The molecule has 26 heavy (non-hydrogen) atoms. The van der Waals surface area contributed by atoms with Gasteiger partial charge in [0.2, 0.25) is 0 Å². The van der Waals surface area contributed by atoms with Crippen LogP contribution in [0.25, 0.3) is 0 Å². The summed E-state index contributed by atoms with van der Waals surface area (Å²) in [6.45, 7) is 3.33. The summed E-state index contributed by atoms with van der Waals surface area (Å²) in [6.07, 6.45) is 2.21. The first kappa shape index (κ1) is 20.3. The zero-order chi connectivity index (χ0) is 19.5. The lowest BCUT2D eigenvalue weighted by Crippen LogP contribution is -2.55. The molecular formula is C16H18ClFN2O5S. The van der Waals surface area contributed by atoms with Crippen LogP contribution in [-0.2, 0) is 24.5 Å². The monoisotopic (exact) mass is 404 g/mol. The molecule has 0 aromatic heterocycles. The van der Waals surface area contributed by atoms with Crippen molar-refractivity contribution in [2.24, 2.45) is 0 Å². The molecule has 0 aliphatic carbocycles. The summed E-state index contributed by atoms with van der Waals surface area (Å²) in [5.74, 6) is -2.38. The molecule has 0 radical (unpaired) electrons. The lowest BCUT2D eigenvalue weighted by atomic mass is 10.1. The lowest BCUT2D eigenvalue weighted by Gasteiger charge is -2.36. The van der Waals surface area contributed by atoms with E-state index in [0.29, 0.717) is 17.1 Å². The van der Waals surface area contributed by atoms with Crippen LogP contribution >= 0.6 is 11.6 Å². The Balaban J connectivity index is 2.56. The summed E-state index contributed by atoms with van der Waals surface area (Å²) in [4.78, 5) is 24.3. The number of rotatable bonds is 5. The molecule has 1 aliphatic rings. The van der Waals surface area contributed by atoms with Crippen LogP contribution in [0.3, 0.4) is 0 Å². The molecule has 1 aromatic rings. The molecule has 142 valence electrons. The Bertz CT molecular complexity index is 830. The number of hydrogen-bond acceptors (Lipinski definition) is 5. The fourth-order valence-electron chi connectivity index (χ4n) is 2.74. The van der Waals surface area contributed by atoms with E-state index in [9.17, 15) is 22.4 Å². The third-order valence-electron chi connectivity index (χ3n) is 3.96. The summed E-state index contributed by atoms with van der Waals surface area (Å²) >= 11 is 5.95. The molecule has 1 atom stereocenters. The van der Waals surface area contributed by atoms with Crippen LogP contribution in [0.5, 0.6) is 0 Å². The quantitative estimate of drug-likeness (QED) is 0.555. The smallest absolute Gasteiger partial charge is 0.324 e. The van der Waals surface area contributed by atoms with Crippen molar-refractivity contribution in [1.29, 1.82) is 0 Å². The van der Waals surface area contributed by atoms with Gasteiger partial charge < -0.3 is 4.74 Å². The SMILES string of the molecule is C=CC(=O)N(c1ccc(F)cc1Cl)S(=O)(=O)N1CCCCC1C(=O)OC. The number of carbonyl (C=O) groups excluding carboxylic acids is 2. The molecule has 1 aromatic carbocycles. The van der Waals surface area contributed by atoms with E-state index in [1.807, 2.05) is 0 Å². The first-order valence-corrected chi connectivity index (χ1v) is 9.53. The number of anilines is 1. The summed E-state index contributed by atoms with van der Waals surface area (Å²) < 4.78 is 45.7. The second kappa shape index (κ2) is 8.15. The van der Waals surface area contributed by atoms with Crippen molar-refractivity contribution in [2.75, 3.05) is 18.0 Å². The van der Waals surface area contributed by atoms with Crippen molar-refractivity contribution in [2.45, 2.75) is 25.3 Å². The number of methoxy groups -OCH3 is 1. The minimum Gasteiger partial charge on any atom is -0.468 e. The Morgan fingerprint density at radius 1 is 1.42 bits per heavy atom. The van der Waals surface area contributed by atoms with Crippen molar-refractivity contribution in [3.05, 3.63) is 41.7 Å². The van der Waals surface area contributed by atoms with Crippen LogP contribution in [0.4, 0.5) is 10.1 Å². The van der Waals surface area contributed by atoms with E-state index in [0.717, 1.165) is 35.7 Å². The fourth-order valence-corrected chi connectivity index (χ4v) is 4.84. The Morgan fingerprint density at radius 3 is 2.69 bits per heavy atom. The average molecular weight is 405 g/mol. The third-order valence-corrected chi connectivity index (χ3v) is 6.13. The van der Waals surface area contributed by atoms with Gasteiger partial charge in [-0.25, -0.2) is 4.39 Å². The number of benzene rings is 1. The number of carbonyl (C=O) groups is 2. The van der Waals surface area contributed by atoms with Gasteiger partial charge in [-0.1, -0.05) is 18.2 Å². The zero-order valence-corrected chi connectivity index (χ0v) is 15.6. The number of piperidine rings is 1. The Hall–Kier alpha value is -1.97. The second-order valence-electron chi connectivity index (χ2n) is 5.56. The molecule has 1 saturated heterocycles. The zero-order valence-electron chi connectivity index (χ0n) is 14.0. The molecule has 10 heteroatoms. The van der Waals surface area contributed by atoms with Gasteiger partial charge in [-0.2, -0.15) is 17.0 Å². The lowest BCUT2D eigenvalue weighted by molar-refractivity contribution is -0.146. The highest BCUT2D eigenvalue weighted by atomic mass is 35.5. The van der Waals surface area contributed by atoms with E-state index in [4.69, 9.17) is 11.6 Å². The average Bonchev–Trinajstić information content (AvgIpc) is 2.62. The van der Waals surface area contributed by atoms with Crippen LogP contribution in [-0.4, -0.2) is 44.3 Å². The van der Waals surface area contributed by atoms with Gasteiger partial charge in [-0.15, -0.1) is 0 Å². The summed E-state index contributed by atoms with van der Waals surface area (Å²) in [7, 11) is -3.33. The van der Waals surface area contributed by atoms with Crippen molar-refractivity contribution in [3.8, 4) is 0 Å². The maximum atomic E-state index is 13.3. The minimum absolute atomic E-state index is 0.0296. The number of hydrogen-bond donors (Lipinski definition) is 0. The van der Waals surface area contributed by atoms with E-state index < -0.39 is 33.9 Å². The van der Waals surface area contributed by atoms with Gasteiger partial charge in [0.15, 0.2) is 0 Å². The number of halogens is 2. The molecule has 0 N–H and O–H groups in total. The van der Waals surface area contributed by atoms with Crippen LogP contribution < -0.4 is 4.31 Å². The Kier molecular flexibility index (Phi) is 6.38. The molecule has 1 heterocycles. The summed E-state index contributed by atoms with van der Waals surface area (Å²) in [5, 5.41) is -0.268. The molecular weight excluding hydrogens is 387 g/mol. The van der Waals surface area contributed by atoms with Gasteiger partial charge in [0.05, 0.1) is 17.8 Å². The van der Waals surface area contributed by atoms with Crippen LogP contribution in [0.2, 0.25) is 5.02 Å². The highest BCUT2D eigenvalue weighted by molar-refractivity contribution is 7.91. The number of amides is 1. The molecule has 0 spiro atoms. The predicted molar refractivity (Wildman–Crippen MR) is 94.4 cm³/mol. The highest BCUT2D eigenvalue weighted by Gasteiger charge is 2.43. The Morgan fingerprint density at radius 2 is 2.12 bits per heavy atom. The highest BCUT2D eigenvalue weighted by Crippen LogP contribution is 2.32. The molecule has 7 nitrogen and oxygen atoms in total. The van der Waals surface area contributed by atoms with E-state index in [2.05, 4.69) is 11.3 Å². The molecule has 0 saturated carbocycles. The van der Waals surface area contributed by atoms with Crippen LogP contribution in [0.1, 0.15) is 19.3 Å². The topological polar surface area (TPSA) is 84.0 Å². The van der Waals surface area contributed by atoms with Gasteiger partial charge >= 0.3 is 16.2 Å². The van der Waals surface area contributed by atoms with Crippen molar-refractivity contribution < 1.29 is 27.1 Å². The molecule has 1 aliphatic heterocycles. The minimum atomic E-state index is -4.49. The Labute approximate surface area is 156 Å². The number of esters is 1. The van der Waals surface area contributed by atoms with Gasteiger partial charge in [0.25, 0.3) is 5.91 Å². The first-order valence-electron chi connectivity index (χ1n) is 7.75. The normalized spacial score (nSPS) is 18.2. The molecule has 0 bridgehead atoms. The molecule has 1 fully saturated rings.